The molecule has 0 aromatic heterocycles. The van der Waals surface area contributed by atoms with Crippen molar-refractivity contribution in [3.8, 4) is 0 Å². The smallest absolute Gasteiger partial charge is 0.120 e. The van der Waals surface area contributed by atoms with Crippen molar-refractivity contribution >= 4 is 6.29 Å². The maximum atomic E-state index is 10.4. The largest absolute Gasteiger partial charge is 0.303 e. The summed E-state index contributed by atoms with van der Waals surface area (Å²) in [7, 11) is 0. The number of hydrogen-bond acceptors (Lipinski definition) is 1. The van der Waals surface area contributed by atoms with Crippen LogP contribution in [0.4, 0.5) is 0 Å². The molecule has 1 nitrogen and oxygen atoms in total. The van der Waals surface area contributed by atoms with Crippen LogP contribution in [0, 0.1) is 17.8 Å². The van der Waals surface area contributed by atoms with Crippen molar-refractivity contribution in [3.05, 3.63) is 0 Å². The molecule has 0 aromatic rings. The average Bonchev–Trinajstić information content (AvgIpc) is 2.18. The Hall–Kier alpha value is -0.330. The molecule has 0 radical (unpaired) electrons. The minimum atomic E-state index is 0.733. The van der Waals surface area contributed by atoms with E-state index in [9.17, 15) is 4.79 Å². The second-order valence-corrected chi connectivity index (χ2v) is 4.89. The summed E-state index contributed by atoms with van der Waals surface area (Å²) in [4.78, 5) is 10.4. The zero-order valence-corrected chi connectivity index (χ0v) is 8.37. The third kappa shape index (κ3) is 2.12. The van der Waals surface area contributed by atoms with Crippen LogP contribution in [-0.4, -0.2) is 6.29 Å². The van der Waals surface area contributed by atoms with E-state index in [4.69, 9.17) is 0 Å². The summed E-state index contributed by atoms with van der Waals surface area (Å²) in [6, 6.07) is 0. The van der Waals surface area contributed by atoms with Gasteiger partial charge < -0.3 is 4.79 Å². The molecule has 0 saturated heterocycles. The molecule has 3 unspecified atom stereocenters. The van der Waals surface area contributed by atoms with E-state index in [1.54, 1.807) is 0 Å². The Bertz CT molecular complexity index is 176. The second kappa shape index (κ2) is 4.26. The lowest BCUT2D eigenvalue weighted by atomic mass is 9.67. The molecule has 0 spiro atoms. The molecule has 2 aliphatic rings. The van der Waals surface area contributed by atoms with Crippen LogP contribution in [0.1, 0.15) is 51.4 Å². The highest BCUT2D eigenvalue weighted by Gasteiger charge is 2.31. The Kier molecular flexibility index (Phi) is 3.02. The maximum Gasteiger partial charge on any atom is 0.120 e. The number of hydrogen-bond donors (Lipinski definition) is 0. The van der Waals surface area contributed by atoms with Crippen molar-refractivity contribution in [2.75, 3.05) is 0 Å². The zero-order valence-electron chi connectivity index (χ0n) is 8.37. The van der Waals surface area contributed by atoms with E-state index >= 15 is 0 Å². The van der Waals surface area contributed by atoms with Crippen molar-refractivity contribution in [3.63, 3.8) is 0 Å². The molecule has 0 amide bonds. The Morgan fingerprint density at radius 3 is 2.54 bits per heavy atom. The van der Waals surface area contributed by atoms with E-state index in [0.717, 1.165) is 30.5 Å². The minimum Gasteiger partial charge on any atom is -0.303 e. The topological polar surface area (TPSA) is 17.1 Å². The second-order valence-electron chi connectivity index (χ2n) is 4.89. The third-order valence-corrected chi connectivity index (χ3v) is 4.08. The maximum absolute atomic E-state index is 10.4. The van der Waals surface area contributed by atoms with Gasteiger partial charge in [-0.2, -0.15) is 0 Å². The van der Waals surface area contributed by atoms with Crippen LogP contribution in [0.3, 0.4) is 0 Å². The van der Waals surface area contributed by atoms with E-state index in [1.165, 1.54) is 44.9 Å². The third-order valence-electron chi connectivity index (χ3n) is 4.08. The van der Waals surface area contributed by atoms with Crippen LogP contribution >= 0.6 is 0 Å². The van der Waals surface area contributed by atoms with Gasteiger partial charge in [0.15, 0.2) is 0 Å². The molecule has 2 fully saturated rings. The van der Waals surface area contributed by atoms with Gasteiger partial charge in [0.2, 0.25) is 0 Å². The van der Waals surface area contributed by atoms with Gasteiger partial charge in [-0.1, -0.05) is 25.7 Å². The van der Waals surface area contributed by atoms with E-state index in [-0.39, 0.29) is 0 Å². The predicted molar refractivity (Wildman–Crippen MR) is 53.5 cm³/mol. The molecule has 2 aliphatic carbocycles. The average molecular weight is 180 g/mol. The first kappa shape index (κ1) is 9.23. The van der Waals surface area contributed by atoms with Gasteiger partial charge in [0, 0.05) is 6.42 Å². The van der Waals surface area contributed by atoms with Gasteiger partial charge in [-0.25, -0.2) is 0 Å². The molecule has 13 heavy (non-hydrogen) atoms. The zero-order chi connectivity index (χ0) is 9.10. The number of fused-ring (bicyclic) bond motifs is 1. The minimum absolute atomic E-state index is 0.733. The van der Waals surface area contributed by atoms with Crippen LogP contribution in [0.2, 0.25) is 0 Å². The van der Waals surface area contributed by atoms with Crippen molar-refractivity contribution in [1.29, 1.82) is 0 Å². The molecule has 74 valence electrons. The standard InChI is InChI=1S/C12H20O/c13-8-7-10-5-6-11-3-1-2-4-12(11)9-10/h8,10-12H,1-7,9H2. The van der Waals surface area contributed by atoms with Gasteiger partial charge in [-0.3, -0.25) is 0 Å². The van der Waals surface area contributed by atoms with Crippen molar-refractivity contribution in [1.82, 2.24) is 0 Å². The van der Waals surface area contributed by atoms with Gasteiger partial charge in [0.05, 0.1) is 0 Å². The fraction of sp³-hybridized carbons (Fsp3) is 0.917. The van der Waals surface area contributed by atoms with Crippen molar-refractivity contribution in [2.45, 2.75) is 51.4 Å². The molecule has 0 bridgehead atoms. The fourth-order valence-electron chi connectivity index (χ4n) is 3.32. The summed E-state index contributed by atoms with van der Waals surface area (Å²) in [5, 5.41) is 0. The highest BCUT2D eigenvalue weighted by atomic mass is 16.1. The lowest BCUT2D eigenvalue weighted by molar-refractivity contribution is -0.109. The number of aldehydes is 1. The first-order valence-electron chi connectivity index (χ1n) is 5.84. The first-order valence-corrected chi connectivity index (χ1v) is 5.84. The predicted octanol–water partition coefficient (Wildman–Crippen LogP) is 3.18. The summed E-state index contributed by atoms with van der Waals surface area (Å²) < 4.78 is 0. The Labute approximate surface area is 80.9 Å². The first-order chi connectivity index (χ1) is 6.40. The highest BCUT2D eigenvalue weighted by molar-refractivity contribution is 5.49. The fourth-order valence-corrected chi connectivity index (χ4v) is 3.32. The van der Waals surface area contributed by atoms with Gasteiger partial charge in [0.1, 0.15) is 6.29 Å². The molecule has 2 rings (SSSR count). The lowest BCUT2D eigenvalue weighted by Gasteiger charge is -2.38. The Morgan fingerprint density at radius 1 is 1.00 bits per heavy atom. The summed E-state index contributed by atoms with van der Waals surface area (Å²) in [6.45, 7) is 0. The van der Waals surface area contributed by atoms with Crippen LogP contribution < -0.4 is 0 Å². The number of carbonyl (C=O) groups is 1. The summed E-state index contributed by atoms with van der Waals surface area (Å²) in [6.07, 6.45) is 11.8. The van der Waals surface area contributed by atoms with Gasteiger partial charge >= 0.3 is 0 Å². The quantitative estimate of drug-likeness (QED) is 0.596. The van der Waals surface area contributed by atoms with Crippen molar-refractivity contribution < 1.29 is 4.79 Å². The summed E-state index contributed by atoms with van der Waals surface area (Å²) in [5.74, 6) is 2.74. The van der Waals surface area contributed by atoms with Gasteiger partial charge in [-0.05, 0) is 37.0 Å². The molecule has 0 N–H and O–H groups in total. The number of carbonyl (C=O) groups excluding carboxylic acids is 1. The van der Waals surface area contributed by atoms with E-state index in [0.29, 0.717) is 0 Å². The van der Waals surface area contributed by atoms with Crippen LogP contribution in [0.5, 0.6) is 0 Å². The van der Waals surface area contributed by atoms with Crippen LogP contribution in [-0.2, 0) is 4.79 Å². The Morgan fingerprint density at radius 2 is 1.77 bits per heavy atom. The molecule has 0 aliphatic heterocycles. The van der Waals surface area contributed by atoms with Crippen LogP contribution in [0.25, 0.3) is 0 Å². The molecule has 3 atom stereocenters. The highest BCUT2D eigenvalue weighted by Crippen LogP contribution is 2.43. The van der Waals surface area contributed by atoms with E-state index < -0.39 is 0 Å². The normalized spacial score (nSPS) is 39.5. The summed E-state index contributed by atoms with van der Waals surface area (Å²) in [5.41, 5.74) is 0. The van der Waals surface area contributed by atoms with E-state index in [1.807, 2.05) is 0 Å². The lowest BCUT2D eigenvalue weighted by Crippen LogP contribution is -2.27. The summed E-state index contributed by atoms with van der Waals surface area (Å²) >= 11 is 0. The Balaban J connectivity index is 1.87. The van der Waals surface area contributed by atoms with E-state index in [2.05, 4.69) is 0 Å². The molecule has 1 heteroatoms. The molecular formula is C12H20O. The van der Waals surface area contributed by atoms with Crippen molar-refractivity contribution in [2.24, 2.45) is 17.8 Å². The monoisotopic (exact) mass is 180 g/mol. The molecule has 0 aromatic carbocycles. The molecule has 2 saturated carbocycles. The molecule has 0 heterocycles. The van der Waals surface area contributed by atoms with Crippen LogP contribution in [0.15, 0.2) is 0 Å². The number of rotatable bonds is 2. The van der Waals surface area contributed by atoms with Gasteiger partial charge in [-0.15, -0.1) is 0 Å². The molecular weight excluding hydrogens is 160 g/mol. The SMILES string of the molecule is O=CCC1CCC2CCCCC2C1. The van der Waals surface area contributed by atoms with Gasteiger partial charge in [0.25, 0.3) is 0 Å².